The van der Waals surface area contributed by atoms with Crippen molar-refractivity contribution in [2.75, 3.05) is 0 Å². The quantitative estimate of drug-likeness (QED) is 0.874. The summed E-state index contributed by atoms with van der Waals surface area (Å²) in [6.07, 6.45) is 2.17. The van der Waals surface area contributed by atoms with E-state index in [1.54, 1.807) is 24.3 Å². The lowest BCUT2D eigenvalue weighted by Gasteiger charge is -2.12. The molecule has 3 rings (SSSR count). The van der Waals surface area contributed by atoms with Crippen molar-refractivity contribution >= 4 is 5.91 Å². The first kappa shape index (κ1) is 17.6. The average Bonchev–Trinajstić information content (AvgIpc) is 3.08. The molecule has 1 aliphatic carbocycles. The van der Waals surface area contributed by atoms with Crippen LogP contribution in [-0.4, -0.2) is 5.91 Å². The van der Waals surface area contributed by atoms with E-state index in [4.69, 9.17) is 10.00 Å². The third-order valence-electron chi connectivity index (χ3n) is 4.16. The minimum Gasteiger partial charge on any atom is -0.486 e. The van der Waals surface area contributed by atoms with Gasteiger partial charge in [0.05, 0.1) is 6.07 Å². The molecule has 0 spiro atoms. The number of hydrogen-bond acceptors (Lipinski definition) is 3. The predicted molar refractivity (Wildman–Crippen MR) is 91.1 cm³/mol. The van der Waals surface area contributed by atoms with Crippen molar-refractivity contribution < 1.29 is 18.3 Å². The zero-order valence-corrected chi connectivity index (χ0v) is 13.9. The summed E-state index contributed by atoms with van der Waals surface area (Å²) in [5.74, 6) is -1.92. The molecule has 0 radical (unpaired) electrons. The molecule has 26 heavy (non-hydrogen) atoms. The summed E-state index contributed by atoms with van der Waals surface area (Å²) < 4.78 is 32.0. The lowest BCUT2D eigenvalue weighted by molar-refractivity contribution is 0.0962. The fraction of sp³-hybridized carbons (Fsp3) is 0.200. The van der Waals surface area contributed by atoms with Crippen LogP contribution in [0.1, 0.15) is 35.2 Å². The highest BCUT2D eigenvalue weighted by Crippen LogP contribution is 2.24. The molecule has 0 fully saturated rings. The Labute approximate surface area is 149 Å². The van der Waals surface area contributed by atoms with E-state index in [0.29, 0.717) is 35.2 Å². The molecule has 2 aromatic rings. The number of amides is 1. The highest BCUT2D eigenvalue weighted by molar-refractivity contribution is 5.96. The highest BCUT2D eigenvalue weighted by Gasteiger charge is 2.19. The molecule has 0 aromatic heterocycles. The topological polar surface area (TPSA) is 62.1 Å². The van der Waals surface area contributed by atoms with E-state index in [0.717, 1.165) is 18.6 Å². The molecule has 1 aliphatic rings. The van der Waals surface area contributed by atoms with Crippen molar-refractivity contribution in [1.29, 1.82) is 5.26 Å². The van der Waals surface area contributed by atoms with E-state index in [1.165, 1.54) is 6.07 Å². The van der Waals surface area contributed by atoms with Gasteiger partial charge in [0.25, 0.3) is 5.91 Å². The molecular formula is C20H16F2N2O2. The summed E-state index contributed by atoms with van der Waals surface area (Å²) in [5, 5.41) is 11.9. The van der Waals surface area contributed by atoms with Gasteiger partial charge in [-0.2, -0.15) is 5.26 Å². The zero-order chi connectivity index (χ0) is 18.5. The molecule has 0 heterocycles. The van der Waals surface area contributed by atoms with Crippen LogP contribution >= 0.6 is 0 Å². The Hall–Kier alpha value is -3.20. The minimum atomic E-state index is -0.804. The lowest BCUT2D eigenvalue weighted by atomic mass is 10.1. The van der Waals surface area contributed by atoms with Gasteiger partial charge in [-0.25, -0.2) is 8.78 Å². The van der Waals surface area contributed by atoms with Crippen LogP contribution in [0.3, 0.4) is 0 Å². The molecule has 4 nitrogen and oxygen atoms in total. The second-order valence-electron chi connectivity index (χ2n) is 5.90. The third kappa shape index (κ3) is 3.89. The molecule has 0 saturated heterocycles. The summed E-state index contributed by atoms with van der Waals surface area (Å²) in [7, 11) is 0. The van der Waals surface area contributed by atoms with E-state index in [1.807, 2.05) is 0 Å². The van der Waals surface area contributed by atoms with E-state index < -0.39 is 11.6 Å². The number of halogens is 2. The van der Waals surface area contributed by atoms with E-state index in [-0.39, 0.29) is 18.3 Å². The number of carbonyl (C=O) groups excluding carboxylic acids is 1. The number of benzene rings is 2. The molecule has 132 valence electrons. The van der Waals surface area contributed by atoms with Gasteiger partial charge in [0, 0.05) is 28.5 Å². The number of carbonyl (C=O) groups is 1. The standard InChI is InChI=1S/C20H16F2N2O2/c21-15-8-9-19(17(22)10-15)26-12-14-4-1-2-6-16(14)20(25)24-18-7-3-5-13(18)11-23/h1-2,4,6,8-10H,3,5,7,12H2,(H,24,25). The molecule has 0 saturated carbocycles. The van der Waals surface area contributed by atoms with Crippen molar-refractivity contribution in [3.8, 4) is 11.8 Å². The minimum absolute atomic E-state index is 0.0453. The van der Waals surface area contributed by atoms with Gasteiger partial charge in [-0.3, -0.25) is 4.79 Å². The van der Waals surface area contributed by atoms with E-state index in [2.05, 4.69) is 11.4 Å². The van der Waals surface area contributed by atoms with Crippen LogP contribution in [0, 0.1) is 23.0 Å². The average molecular weight is 354 g/mol. The van der Waals surface area contributed by atoms with Crippen LogP contribution < -0.4 is 10.1 Å². The summed E-state index contributed by atoms with van der Waals surface area (Å²) in [4.78, 5) is 12.6. The van der Waals surface area contributed by atoms with E-state index >= 15 is 0 Å². The second kappa shape index (κ2) is 7.79. The Kier molecular flexibility index (Phi) is 5.28. The molecular weight excluding hydrogens is 338 g/mol. The molecule has 6 heteroatoms. The van der Waals surface area contributed by atoms with Crippen LogP contribution in [-0.2, 0) is 6.61 Å². The van der Waals surface area contributed by atoms with Crippen molar-refractivity contribution in [3.05, 3.63) is 76.5 Å². The number of nitrogens with zero attached hydrogens (tertiary/aromatic N) is 1. The zero-order valence-electron chi connectivity index (χ0n) is 13.9. The van der Waals surface area contributed by atoms with Gasteiger partial charge in [-0.1, -0.05) is 18.2 Å². The Morgan fingerprint density at radius 1 is 1.19 bits per heavy atom. The van der Waals surface area contributed by atoms with Crippen molar-refractivity contribution in [3.63, 3.8) is 0 Å². The van der Waals surface area contributed by atoms with Crippen molar-refractivity contribution in [2.45, 2.75) is 25.9 Å². The van der Waals surface area contributed by atoms with Gasteiger partial charge >= 0.3 is 0 Å². The van der Waals surface area contributed by atoms with Gasteiger partial charge in [-0.05, 0) is 37.5 Å². The Bertz CT molecular complexity index is 916. The molecule has 0 aliphatic heterocycles. The third-order valence-corrected chi connectivity index (χ3v) is 4.16. The first-order valence-corrected chi connectivity index (χ1v) is 8.17. The van der Waals surface area contributed by atoms with Crippen LogP contribution in [0.15, 0.2) is 53.7 Å². The maximum absolute atomic E-state index is 13.7. The summed E-state index contributed by atoms with van der Waals surface area (Å²) >= 11 is 0. The normalized spacial score (nSPS) is 13.4. The summed E-state index contributed by atoms with van der Waals surface area (Å²) in [6, 6.07) is 11.9. The SMILES string of the molecule is N#CC1=C(NC(=O)c2ccccc2COc2ccc(F)cc2F)CCC1. The maximum atomic E-state index is 13.7. The number of allylic oxidation sites excluding steroid dienone is 2. The number of hydrogen-bond donors (Lipinski definition) is 1. The van der Waals surface area contributed by atoms with Crippen LogP contribution in [0.5, 0.6) is 5.75 Å². The molecule has 2 aromatic carbocycles. The molecule has 1 amide bonds. The van der Waals surface area contributed by atoms with Gasteiger partial charge < -0.3 is 10.1 Å². The molecule has 0 atom stereocenters. The first-order chi connectivity index (χ1) is 12.6. The summed E-state index contributed by atoms with van der Waals surface area (Å²) in [5.41, 5.74) is 2.19. The van der Waals surface area contributed by atoms with Crippen LogP contribution in [0.2, 0.25) is 0 Å². The predicted octanol–water partition coefficient (Wildman–Crippen LogP) is 4.24. The molecule has 0 unspecified atom stereocenters. The Balaban J connectivity index is 1.76. The first-order valence-electron chi connectivity index (χ1n) is 8.17. The highest BCUT2D eigenvalue weighted by atomic mass is 19.1. The molecule has 1 N–H and O–H groups in total. The monoisotopic (exact) mass is 354 g/mol. The Morgan fingerprint density at radius 3 is 2.77 bits per heavy atom. The van der Waals surface area contributed by atoms with Gasteiger partial charge in [0.15, 0.2) is 11.6 Å². The Morgan fingerprint density at radius 2 is 2.00 bits per heavy atom. The van der Waals surface area contributed by atoms with Crippen molar-refractivity contribution in [1.82, 2.24) is 5.32 Å². The number of nitrogens with one attached hydrogen (secondary N) is 1. The number of rotatable bonds is 5. The second-order valence-corrected chi connectivity index (χ2v) is 5.90. The van der Waals surface area contributed by atoms with Crippen molar-refractivity contribution in [2.24, 2.45) is 0 Å². The fourth-order valence-corrected chi connectivity index (χ4v) is 2.82. The van der Waals surface area contributed by atoms with Gasteiger partial charge in [0.1, 0.15) is 12.4 Å². The van der Waals surface area contributed by atoms with Gasteiger partial charge in [0.2, 0.25) is 0 Å². The maximum Gasteiger partial charge on any atom is 0.255 e. The largest absolute Gasteiger partial charge is 0.486 e. The van der Waals surface area contributed by atoms with E-state index in [9.17, 15) is 13.6 Å². The number of ether oxygens (including phenoxy) is 1. The fourth-order valence-electron chi connectivity index (χ4n) is 2.82. The lowest BCUT2D eigenvalue weighted by Crippen LogP contribution is -2.24. The number of nitriles is 1. The van der Waals surface area contributed by atoms with Gasteiger partial charge in [-0.15, -0.1) is 0 Å². The van der Waals surface area contributed by atoms with Crippen LogP contribution in [0.25, 0.3) is 0 Å². The summed E-state index contributed by atoms with van der Waals surface area (Å²) in [6.45, 7) is -0.0453. The molecule has 0 bridgehead atoms. The van der Waals surface area contributed by atoms with Crippen LogP contribution in [0.4, 0.5) is 8.78 Å². The smallest absolute Gasteiger partial charge is 0.255 e.